The van der Waals surface area contributed by atoms with E-state index in [1.165, 1.54) is 30.3 Å². The van der Waals surface area contributed by atoms with Crippen molar-refractivity contribution >= 4 is 29.2 Å². The number of carbonyl (C=O) groups excluding carboxylic acids is 1. The molecule has 3 aromatic rings. The molecule has 0 unspecified atom stereocenters. The van der Waals surface area contributed by atoms with E-state index >= 15 is 0 Å². The Morgan fingerprint density at radius 2 is 1.96 bits per heavy atom. The van der Waals surface area contributed by atoms with Crippen LogP contribution in [0.3, 0.4) is 0 Å². The van der Waals surface area contributed by atoms with Crippen LogP contribution in [0.15, 0.2) is 36.4 Å². The monoisotopic (exact) mass is 329 g/mol. The molecule has 3 N–H and O–H groups in total. The summed E-state index contributed by atoms with van der Waals surface area (Å²) in [6, 6.07) is 8.37. The molecule has 1 aromatic carbocycles. The van der Waals surface area contributed by atoms with Crippen LogP contribution in [-0.2, 0) is 0 Å². The van der Waals surface area contributed by atoms with Crippen molar-refractivity contribution in [2.75, 3.05) is 17.7 Å². The van der Waals surface area contributed by atoms with Crippen molar-refractivity contribution < 1.29 is 19.1 Å². The zero-order valence-electron chi connectivity index (χ0n) is 12.4. The Hall–Kier alpha value is -3.49. The van der Waals surface area contributed by atoms with Crippen LogP contribution in [0.4, 0.5) is 16.0 Å². The van der Waals surface area contributed by atoms with Crippen molar-refractivity contribution in [3.05, 3.63) is 53.5 Å². The fourth-order valence-corrected chi connectivity index (χ4v) is 2.19. The Morgan fingerprint density at radius 1 is 1.21 bits per heavy atom. The van der Waals surface area contributed by atoms with E-state index in [1.807, 2.05) is 0 Å². The third kappa shape index (κ3) is 2.62. The molecule has 24 heavy (non-hydrogen) atoms. The van der Waals surface area contributed by atoms with Crippen molar-refractivity contribution in [2.45, 2.75) is 0 Å². The lowest BCUT2D eigenvalue weighted by Crippen LogP contribution is -2.15. The summed E-state index contributed by atoms with van der Waals surface area (Å²) in [5, 5.41) is 18.4. The van der Waals surface area contributed by atoms with E-state index in [0.717, 1.165) is 10.6 Å². The minimum absolute atomic E-state index is 0.122. The van der Waals surface area contributed by atoms with Crippen LogP contribution in [0.25, 0.3) is 5.65 Å². The molecule has 9 heteroatoms. The van der Waals surface area contributed by atoms with Gasteiger partial charge in [0.1, 0.15) is 5.82 Å². The van der Waals surface area contributed by atoms with Crippen LogP contribution in [0, 0.1) is 5.82 Å². The van der Waals surface area contributed by atoms with Crippen molar-refractivity contribution in [3.8, 4) is 0 Å². The number of hydrogen-bond acceptors (Lipinski definition) is 5. The molecule has 0 saturated carbocycles. The predicted octanol–water partition coefficient (Wildman–Crippen LogP) is 1.86. The summed E-state index contributed by atoms with van der Waals surface area (Å²) in [4.78, 5) is 27.5. The number of carboxylic acids is 1. The smallest absolute Gasteiger partial charge is 0.354 e. The van der Waals surface area contributed by atoms with Crippen LogP contribution in [0.5, 0.6) is 0 Å². The van der Waals surface area contributed by atoms with Gasteiger partial charge < -0.3 is 10.4 Å². The lowest BCUT2D eigenvalue weighted by Gasteiger charge is -2.03. The van der Waals surface area contributed by atoms with E-state index < -0.39 is 17.7 Å². The molecule has 0 fully saturated rings. The van der Waals surface area contributed by atoms with Crippen molar-refractivity contribution in [1.82, 2.24) is 14.6 Å². The van der Waals surface area contributed by atoms with Gasteiger partial charge in [0, 0.05) is 7.05 Å². The quantitative estimate of drug-likeness (QED) is 0.674. The number of nitrogens with one attached hydrogen (secondary N) is 2. The Labute approximate surface area is 134 Å². The molecule has 0 aliphatic carbocycles. The minimum atomic E-state index is -1.19. The van der Waals surface area contributed by atoms with E-state index in [2.05, 4.69) is 20.7 Å². The Morgan fingerprint density at radius 3 is 2.62 bits per heavy atom. The van der Waals surface area contributed by atoms with E-state index in [1.54, 1.807) is 7.05 Å². The van der Waals surface area contributed by atoms with E-state index in [4.69, 9.17) is 0 Å². The molecule has 0 bridgehead atoms. The van der Waals surface area contributed by atoms with Crippen LogP contribution in [-0.4, -0.2) is 38.6 Å². The van der Waals surface area contributed by atoms with Gasteiger partial charge in [0.25, 0.3) is 5.91 Å². The highest BCUT2D eigenvalue weighted by atomic mass is 19.1. The molecule has 3 rings (SSSR count). The number of benzene rings is 1. The fourth-order valence-electron chi connectivity index (χ4n) is 2.19. The molecule has 8 nitrogen and oxygen atoms in total. The SMILES string of the molecule is CNc1ccc(C(=O)O)n2nc(NC(=O)c3ccccc3F)nc12. The number of fused-ring (bicyclic) bond motifs is 1. The van der Waals surface area contributed by atoms with E-state index in [0.29, 0.717) is 5.69 Å². The van der Waals surface area contributed by atoms with Gasteiger partial charge >= 0.3 is 5.97 Å². The summed E-state index contributed by atoms with van der Waals surface area (Å²) in [5.74, 6) is -2.74. The summed E-state index contributed by atoms with van der Waals surface area (Å²) >= 11 is 0. The average molecular weight is 329 g/mol. The van der Waals surface area contributed by atoms with Gasteiger partial charge in [0.2, 0.25) is 5.95 Å². The highest BCUT2D eigenvalue weighted by molar-refractivity contribution is 6.03. The molecule has 2 aromatic heterocycles. The maximum absolute atomic E-state index is 13.6. The van der Waals surface area contributed by atoms with Crippen LogP contribution < -0.4 is 10.6 Å². The van der Waals surface area contributed by atoms with E-state index in [-0.39, 0.29) is 22.9 Å². The molecule has 0 spiro atoms. The second kappa shape index (κ2) is 5.95. The third-order valence-electron chi connectivity index (χ3n) is 3.32. The number of aromatic carboxylic acids is 1. The van der Waals surface area contributed by atoms with Crippen LogP contribution in [0.1, 0.15) is 20.8 Å². The first kappa shape index (κ1) is 15.4. The van der Waals surface area contributed by atoms with Gasteiger partial charge in [0.15, 0.2) is 11.3 Å². The predicted molar refractivity (Wildman–Crippen MR) is 83.8 cm³/mol. The molecule has 0 saturated heterocycles. The largest absolute Gasteiger partial charge is 0.477 e. The highest BCUT2D eigenvalue weighted by Gasteiger charge is 2.18. The third-order valence-corrected chi connectivity index (χ3v) is 3.32. The fraction of sp³-hybridized carbons (Fsp3) is 0.0667. The van der Waals surface area contributed by atoms with Gasteiger partial charge in [-0.25, -0.2) is 13.7 Å². The van der Waals surface area contributed by atoms with Gasteiger partial charge in [-0.05, 0) is 24.3 Å². The van der Waals surface area contributed by atoms with Crippen molar-refractivity contribution in [3.63, 3.8) is 0 Å². The number of rotatable bonds is 4. The van der Waals surface area contributed by atoms with Gasteiger partial charge in [-0.15, -0.1) is 5.10 Å². The number of halogens is 1. The Bertz CT molecular complexity index is 953. The minimum Gasteiger partial charge on any atom is -0.477 e. The number of anilines is 2. The second-order valence-corrected chi connectivity index (χ2v) is 4.79. The molecule has 0 atom stereocenters. The zero-order chi connectivity index (χ0) is 17.3. The summed E-state index contributed by atoms with van der Waals surface area (Å²) in [7, 11) is 1.64. The van der Waals surface area contributed by atoms with Gasteiger partial charge in [-0.1, -0.05) is 12.1 Å². The topological polar surface area (TPSA) is 109 Å². The maximum Gasteiger partial charge on any atom is 0.354 e. The summed E-state index contributed by atoms with van der Waals surface area (Å²) < 4.78 is 14.7. The van der Waals surface area contributed by atoms with Crippen molar-refractivity contribution in [1.29, 1.82) is 0 Å². The zero-order valence-corrected chi connectivity index (χ0v) is 12.4. The molecule has 1 amide bonds. The van der Waals surface area contributed by atoms with Gasteiger partial charge in [-0.2, -0.15) is 4.98 Å². The molecule has 2 heterocycles. The average Bonchev–Trinajstić information content (AvgIpc) is 2.97. The highest BCUT2D eigenvalue weighted by Crippen LogP contribution is 2.19. The Kier molecular flexibility index (Phi) is 3.82. The molecule has 122 valence electrons. The number of carbonyl (C=O) groups is 2. The first-order valence-electron chi connectivity index (χ1n) is 6.88. The second-order valence-electron chi connectivity index (χ2n) is 4.79. The number of aromatic nitrogens is 3. The Balaban J connectivity index is 2.02. The van der Waals surface area contributed by atoms with Gasteiger partial charge in [-0.3, -0.25) is 10.1 Å². The number of carboxylic acid groups (broad SMARTS) is 1. The van der Waals surface area contributed by atoms with Crippen molar-refractivity contribution in [2.24, 2.45) is 0 Å². The van der Waals surface area contributed by atoms with Crippen LogP contribution >= 0.6 is 0 Å². The van der Waals surface area contributed by atoms with E-state index in [9.17, 15) is 19.1 Å². The lowest BCUT2D eigenvalue weighted by molar-refractivity contribution is 0.0687. The molecule has 0 radical (unpaired) electrons. The number of amides is 1. The summed E-state index contributed by atoms with van der Waals surface area (Å²) in [6.07, 6.45) is 0. The lowest BCUT2D eigenvalue weighted by atomic mass is 10.2. The standard InChI is InChI=1S/C15H12FN5O3/c1-17-10-6-7-11(14(23)24)21-12(10)18-15(20-21)19-13(22)8-4-2-3-5-9(8)16/h2-7,17H,1H3,(H,23,24)(H,19,20,22). The normalized spacial score (nSPS) is 10.6. The number of pyridine rings is 1. The number of hydrogen-bond donors (Lipinski definition) is 3. The number of nitrogens with zero attached hydrogens (tertiary/aromatic N) is 3. The summed E-state index contributed by atoms with van der Waals surface area (Å²) in [6.45, 7) is 0. The van der Waals surface area contributed by atoms with Crippen LogP contribution in [0.2, 0.25) is 0 Å². The first-order valence-corrected chi connectivity index (χ1v) is 6.88. The molecule has 0 aliphatic heterocycles. The first-order chi connectivity index (χ1) is 11.5. The maximum atomic E-state index is 13.6. The summed E-state index contributed by atoms with van der Waals surface area (Å²) in [5.41, 5.74) is 0.465. The van der Waals surface area contributed by atoms with Gasteiger partial charge in [0.05, 0.1) is 11.3 Å². The molecular weight excluding hydrogens is 317 g/mol. The molecule has 0 aliphatic rings. The molecular formula is C15H12FN5O3.